The fourth-order valence-electron chi connectivity index (χ4n) is 5.12. The molecule has 2 N–H and O–H groups in total. The quantitative estimate of drug-likeness (QED) is 0.293. The molecule has 0 atom stereocenters. The second-order valence-electron chi connectivity index (χ2n) is 10.4. The standard InChI is InChI=1S/C27H30F3N7O4S/c1-17-4-7-22(18(2)14-17)42(40,41)26-24-32-25(39)20-6-5-19(15-21(20)37(24)34-33-26)36-12-10-35(11-13-36)16-23(38)31-9-3-8-27(28,29)30/h4-7,14-15,34H,3,8-13,16H2,1-2H3,(H,31,38). The average Bonchev–Trinajstić information content (AvgIpc) is 3.35. The molecule has 0 spiro atoms. The van der Waals surface area contributed by atoms with Gasteiger partial charge < -0.3 is 10.2 Å². The van der Waals surface area contributed by atoms with Crippen molar-refractivity contribution in [3.05, 3.63) is 57.9 Å². The molecule has 0 saturated carbocycles. The third-order valence-electron chi connectivity index (χ3n) is 7.25. The van der Waals surface area contributed by atoms with E-state index in [0.717, 1.165) is 11.3 Å². The Morgan fingerprint density at radius 2 is 1.81 bits per heavy atom. The number of aryl methyl sites for hydroxylation is 2. The van der Waals surface area contributed by atoms with Crippen LogP contribution in [0.2, 0.25) is 0 Å². The molecule has 5 rings (SSSR count). The first-order chi connectivity index (χ1) is 19.8. The lowest BCUT2D eigenvalue weighted by atomic mass is 10.2. The number of anilines is 1. The molecule has 0 bridgehead atoms. The number of halogens is 3. The van der Waals surface area contributed by atoms with Gasteiger partial charge in [-0.05, 0) is 50.1 Å². The van der Waals surface area contributed by atoms with E-state index in [9.17, 15) is 31.2 Å². The van der Waals surface area contributed by atoms with Crippen LogP contribution in [0.4, 0.5) is 18.9 Å². The Bertz CT molecular complexity index is 1810. The number of piperazine rings is 1. The summed E-state index contributed by atoms with van der Waals surface area (Å²) < 4.78 is 65.2. The van der Waals surface area contributed by atoms with Gasteiger partial charge in [-0.1, -0.05) is 17.7 Å². The van der Waals surface area contributed by atoms with Crippen LogP contribution in [0.25, 0.3) is 16.6 Å². The van der Waals surface area contributed by atoms with Crippen LogP contribution in [0.15, 0.2) is 51.1 Å². The maximum absolute atomic E-state index is 13.5. The Hall–Kier alpha value is -3.98. The summed E-state index contributed by atoms with van der Waals surface area (Å²) in [5, 5.41) is 9.23. The van der Waals surface area contributed by atoms with Gasteiger partial charge in [0.25, 0.3) is 5.56 Å². The van der Waals surface area contributed by atoms with E-state index in [4.69, 9.17) is 0 Å². The van der Waals surface area contributed by atoms with Crippen LogP contribution in [0.3, 0.4) is 0 Å². The Morgan fingerprint density at radius 3 is 2.50 bits per heavy atom. The number of rotatable bonds is 8. The number of hydrogen-bond acceptors (Lipinski definition) is 8. The van der Waals surface area contributed by atoms with E-state index in [0.29, 0.717) is 37.3 Å². The van der Waals surface area contributed by atoms with Crippen LogP contribution >= 0.6 is 0 Å². The van der Waals surface area contributed by atoms with Crippen molar-refractivity contribution in [3.63, 3.8) is 0 Å². The largest absolute Gasteiger partial charge is 0.389 e. The van der Waals surface area contributed by atoms with Gasteiger partial charge in [-0.2, -0.15) is 18.2 Å². The van der Waals surface area contributed by atoms with Crippen molar-refractivity contribution in [2.75, 3.05) is 44.2 Å². The SMILES string of the molecule is Cc1ccc(S(=O)(=O)c2n[nH]n3c2nc(=O)c2ccc(N4CCN(CC(=O)NCCCC(F)(F)F)CC4)cc23)c(C)c1. The van der Waals surface area contributed by atoms with Gasteiger partial charge in [-0.15, -0.1) is 5.10 Å². The van der Waals surface area contributed by atoms with Crippen molar-refractivity contribution in [3.8, 4) is 0 Å². The van der Waals surface area contributed by atoms with Crippen LogP contribution in [-0.2, 0) is 14.6 Å². The van der Waals surface area contributed by atoms with Crippen molar-refractivity contribution < 1.29 is 26.4 Å². The van der Waals surface area contributed by atoms with Gasteiger partial charge in [-0.25, -0.2) is 18.1 Å². The number of sulfone groups is 1. The molecule has 224 valence electrons. The fourth-order valence-corrected chi connectivity index (χ4v) is 6.59. The molecule has 2 aromatic heterocycles. The number of nitrogens with one attached hydrogen (secondary N) is 2. The summed E-state index contributed by atoms with van der Waals surface area (Å²) in [7, 11) is -4.08. The van der Waals surface area contributed by atoms with E-state index in [1.165, 1.54) is 10.6 Å². The van der Waals surface area contributed by atoms with E-state index in [2.05, 4.69) is 25.5 Å². The van der Waals surface area contributed by atoms with Crippen molar-refractivity contribution in [2.24, 2.45) is 0 Å². The van der Waals surface area contributed by atoms with E-state index >= 15 is 0 Å². The van der Waals surface area contributed by atoms with Gasteiger partial charge in [0, 0.05) is 44.8 Å². The van der Waals surface area contributed by atoms with E-state index in [1.54, 1.807) is 37.3 Å². The number of amides is 1. The summed E-state index contributed by atoms with van der Waals surface area (Å²) in [5.74, 6) is -0.323. The number of hydrogen-bond donors (Lipinski definition) is 2. The first kappa shape index (κ1) is 29.5. The third kappa shape index (κ3) is 6.11. The molecule has 0 unspecified atom stereocenters. The van der Waals surface area contributed by atoms with Crippen molar-refractivity contribution in [1.29, 1.82) is 0 Å². The van der Waals surface area contributed by atoms with E-state index < -0.39 is 28.0 Å². The molecule has 1 aliphatic rings. The predicted molar refractivity (Wildman–Crippen MR) is 149 cm³/mol. The molecule has 11 nitrogen and oxygen atoms in total. The number of aromatic amines is 1. The van der Waals surface area contributed by atoms with Crippen LogP contribution < -0.4 is 15.8 Å². The maximum atomic E-state index is 13.5. The number of aromatic nitrogens is 4. The highest BCUT2D eigenvalue weighted by Gasteiger charge is 2.29. The molecule has 1 aliphatic heterocycles. The minimum atomic E-state index is -4.24. The van der Waals surface area contributed by atoms with Crippen molar-refractivity contribution >= 4 is 38.0 Å². The van der Waals surface area contributed by atoms with Crippen LogP contribution in [0, 0.1) is 13.8 Å². The number of carbonyl (C=O) groups is 1. The molecule has 42 heavy (non-hydrogen) atoms. The lowest BCUT2D eigenvalue weighted by Gasteiger charge is -2.35. The van der Waals surface area contributed by atoms with Crippen molar-refractivity contribution in [2.45, 2.75) is 42.8 Å². The van der Waals surface area contributed by atoms with Crippen LogP contribution in [-0.4, -0.2) is 84.5 Å². The highest BCUT2D eigenvalue weighted by atomic mass is 32.2. The summed E-state index contributed by atoms with van der Waals surface area (Å²) in [6.07, 6.45) is -5.34. The molecule has 1 fully saturated rings. The maximum Gasteiger partial charge on any atom is 0.389 e. The Morgan fingerprint density at radius 1 is 1.07 bits per heavy atom. The normalized spacial score (nSPS) is 15.0. The first-order valence-corrected chi connectivity index (χ1v) is 14.9. The zero-order chi connectivity index (χ0) is 30.2. The second kappa shape index (κ2) is 11.4. The zero-order valence-corrected chi connectivity index (χ0v) is 23.8. The summed E-state index contributed by atoms with van der Waals surface area (Å²) in [6.45, 7) is 5.83. The fraction of sp³-hybridized carbons (Fsp3) is 0.407. The smallest absolute Gasteiger partial charge is 0.369 e. The highest BCUT2D eigenvalue weighted by Crippen LogP contribution is 2.28. The van der Waals surface area contributed by atoms with Crippen molar-refractivity contribution in [1.82, 2.24) is 30.0 Å². The molecule has 0 aliphatic carbocycles. The molecule has 1 saturated heterocycles. The molecule has 3 heterocycles. The zero-order valence-electron chi connectivity index (χ0n) is 23.0. The summed E-state index contributed by atoms with van der Waals surface area (Å²) >= 11 is 0. The Kier molecular flexibility index (Phi) is 7.98. The number of fused-ring (bicyclic) bond motifs is 3. The Labute approximate surface area is 239 Å². The van der Waals surface area contributed by atoms with Gasteiger partial charge in [0.2, 0.25) is 20.8 Å². The molecule has 15 heteroatoms. The monoisotopic (exact) mass is 605 g/mol. The lowest BCUT2D eigenvalue weighted by molar-refractivity contribution is -0.136. The first-order valence-electron chi connectivity index (χ1n) is 13.4. The number of alkyl halides is 3. The average molecular weight is 606 g/mol. The molecule has 2 aromatic carbocycles. The molecular formula is C27H30F3N7O4S. The predicted octanol–water partition coefficient (Wildman–Crippen LogP) is 2.60. The minimum Gasteiger partial charge on any atom is -0.369 e. The number of H-pyrrole nitrogens is 1. The molecular weight excluding hydrogens is 575 g/mol. The number of nitrogens with zero attached hydrogens (tertiary/aromatic N) is 5. The van der Waals surface area contributed by atoms with Crippen LogP contribution in [0.1, 0.15) is 24.0 Å². The third-order valence-corrected chi connectivity index (χ3v) is 9.07. The minimum absolute atomic E-state index is 0.0284. The van der Waals surface area contributed by atoms with Crippen LogP contribution in [0.5, 0.6) is 0 Å². The lowest BCUT2D eigenvalue weighted by Crippen LogP contribution is -2.49. The number of benzene rings is 2. The highest BCUT2D eigenvalue weighted by molar-refractivity contribution is 7.91. The summed E-state index contributed by atoms with van der Waals surface area (Å²) in [6, 6.07) is 10.1. The molecule has 4 aromatic rings. The van der Waals surface area contributed by atoms with Gasteiger partial charge in [0.15, 0.2) is 5.65 Å². The topological polar surface area (TPSA) is 133 Å². The van der Waals surface area contributed by atoms with Gasteiger partial charge in [-0.3, -0.25) is 14.5 Å². The summed E-state index contributed by atoms with van der Waals surface area (Å²) in [5.41, 5.74) is 1.98. The second-order valence-corrected chi connectivity index (χ2v) is 12.2. The number of carbonyl (C=O) groups excluding carboxylic acids is 1. The van der Waals surface area contributed by atoms with Gasteiger partial charge in [0.05, 0.1) is 22.3 Å². The Balaban J connectivity index is 1.33. The van der Waals surface area contributed by atoms with E-state index in [-0.39, 0.29) is 46.4 Å². The summed E-state index contributed by atoms with van der Waals surface area (Å²) in [4.78, 5) is 33.2. The van der Waals surface area contributed by atoms with E-state index in [1.807, 2.05) is 11.8 Å². The molecule has 1 amide bonds. The van der Waals surface area contributed by atoms with Gasteiger partial charge >= 0.3 is 6.18 Å². The molecule has 0 radical (unpaired) electrons. The van der Waals surface area contributed by atoms with Gasteiger partial charge in [0.1, 0.15) is 0 Å².